The van der Waals surface area contributed by atoms with E-state index in [1.165, 1.54) is 10.8 Å². The number of fused-ring (bicyclic) bond motifs is 4. The van der Waals surface area contributed by atoms with E-state index in [4.69, 9.17) is 20.1 Å². The molecule has 4 radical (unpaired) electrons. The van der Waals surface area contributed by atoms with Gasteiger partial charge in [-0.2, -0.15) is 0 Å². The lowest BCUT2D eigenvalue weighted by atomic mass is 9.41. The highest BCUT2D eigenvalue weighted by atomic mass is 16.3. The van der Waals surface area contributed by atoms with Crippen molar-refractivity contribution in [2.24, 2.45) is 5.41 Å². The fourth-order valence-corrected chi connectivity index (χ4v) is 3.90. The average molecular weight is 385 g/mol. The Kier molecular flexibility index (Phi) is 4.12. The summed E-state index contributed by atoms with van der Waals surface area (Å²) < 4.78 is 6.20. The van der Waals surface area contributed by atoms with Crippen LogP contribution in [-0.4, -0.2) is 20.7 Å². The van der Waals surface area contributed by atoms with Crippen molar-refractivity contribution in [1.82, 2.24) is 4.98 Å². The molecule has 0 N–H and O–H groups in total. The number of nitrogens with zero attached hydrogens (tertiary/aromatic N) is 1. The van der Waals surface area contributed by atoms with Gasteiger partial charge in [0, 0.05) is 22.5 Å². The molecule has 0 aliphatic rings. The third-order valence-electron chi connectivity index (χ3n) is 6.11. The van der Waals surface area contributed by atoms with Gasteiger partial charge in [-0.1, -0.05) is 61.9 Å². The van der Waals surface area contributed by atoms with Crippen LogP contribution in [0, 0.1) is 5.41 Å². The molecule has 2 aromatic heterocycles. The molecule has 0 amide bonds. The fourth-order valence-electron chi connectivity index (χ4n) is 3.90. The third kappa shape index (κ3) is 2.94. The first-order valence-electron chi connectivity index (χ1n) is 10.1. The maximum atomic E-state index is 6.48. The van der Waals surface area contributed by atoms with E-state index >= 15 is 0 Å². The van der Waals surface area contributed by atoms with Crippen molar-refractivity contribution in [1.29, 1.82) is 0 Å². The Labute approximate surface area is 179 Å². The SMILES string of the molecule is [B]C([B])(c1ccnc(-c2ccc3c(c2)oc2cc4ccccc4cc23)c1)C(C)(C)C. The first-order valence-corrected chi connectivity index (χ1v) is 10.1. The number of hydrogen-bond donors (Lipinski definition) is 0. The van der Waals surface area contributed by atoms with Gasteiger partial charge in [0.25, 0.3) is 0 Å². The van der Waals surface area contributed by atoms with Crippen LogP contribution in [0.2, 0.25) is 0 Å². The second-order valence-corrected chi connectivity index (χ2v) is 9.06. The largest absolute Gasteiger partial charge is 0.456 e. The van der Waals surface area contributed by atoms with E-state index in [0.717, 1.165) is 38.8 Å². The summed E-state index contributed by atoms with van der Waals surface area (Å²) >= 11 is 0. The highest BCUT2D eigenvalue weighted by molar-refractivity contribution is 6.40. The van der Waals surface area contributed by atoms with Crippen LogP contribution in [-0.2, 0) is 5.21 Å². The number of aromatic nitrogens is 1. The van der Waals surface area contributed by atoms with Crippen molar-refractivity contribution < 1.29 is 4.42 Å². The summed E-state index contributed by atoms with van der Waals surface area (Å²) in [6.07, 6.45) is 1.76. The molecule has 5 aromatic rings. The Morgan fingerprint density at radius 3 is 2.20 bits per heavy atom. The molecule has 0 aliphatic heterocycles. The van der Waals surface area contributed by atoms with E-state index in [1.54, 1.807) is 6.20 Å². The lowest BCUT2D eigenvalue weighted by Gasteiger charge is -2.40. The second kappa shape index (κ2) is 6.50. The highest BCUT2D eigenvalue weighted by Crippen LogP contribution is 2.38. The predicted molar refractivity (Wildman–Crippen MR) is 127 cm³/mol. The van der Waals surface area contributed by atoms with E-state index in [-0.39, 0.29) is 5.41 Å². The summed E-state index contributed by atoms with van der Waals surface area (Å²) in [4.78, 5) is 4.56. The summed E-state index contributed by atoms with van der Waals surface area (Å²) in [5, 5.41) is 3.62. The van der Waals surface area contributed by atoms with Gasteiger partial charge in [0.05, 0.1) is 21.4 Å². The molecular weight excluding hydrogens is 364 g/mol. The van der Waals surface area contributed by atoms with E-state index in [0.29, 0.717) is 0 Å². The van der Waals surface area contributed by atoms with Gasteiger partial charge in [-0.15, -0.1) is 0 Å². The Morgan fingerprint density at radius 1 is 0.767 bits per heavy atom. The Hall–Kier alpha value is -3.00. The van der Waals surface area contributed by atoms with Crippen LogP contribution in [0.5, 0.6) is 0 Å². The third-order valence-corrected chi connectivity index (χ3v) is 6.11. The quantitative estimate of drug-likeness (QED) is 0.332. The summed E-state index contributed by atoms with van der Waals surface area (Å²) in [5.74, 6) is 0. The summed E-state index contributed by atoms with van der Waals surface area (Å²) in [6, 6.07) is 22.7. The van der Waals surface area contributed by atoms with Gasteiger partial charge in [0.1, 0.15) is 11.2 Å². The average Bonchev–Trinajstić information content (AvgIpc) is 3.08. The Morgan fingerprint density at radius 2 is 1.47 bits per heavy atom. The Balaban J connectivity index is 1.64. The zero-order chi connectivity index (χ0) is 21.1. The molecule has 0 spiro atoms. The van der Waals surface area contributed by atoms with Gasteiger partial charge < -0.3 is 4.42 Å². The monoisotopic (exact) mass is 385 g/mol. The maximum absolute atomic E-state index is 6.48. The standard InChI is InChI=1S/C26H21B2NO/c1-25(2,3)26(27,28)19-10-11-29-22(15-19)18-8-9-20-21-12-16-6-4-5-7-17(16)13-24(21)30-23(20)14-18/h4-15H,1-3H3. The maximum Gasteiger partial charge on any atom is 0.136 e. The van der Waals surface area contributed by atoms with Crippen LogP contribution < -0.4 is 0 Å². The predicted octanol–water partition coefficient (Wildman–Crippen LogP) is 6.34. The van der Waals surface area contributed by atoms with Crippen molar-refractivity contribution in [2.75, 3.05) is 0 Å². The van der Waals surface area contributed by atoms with Crippen molar-refractivity contribution in [2.45, 2.75) is 26.0 Å². The van der Waals surface area contributed by atoms with E-state index in [1.807, 2.05) is 45.0 Å². The van der Waals surface area contributed by atoms with Crippen molar-refractivity contribution in [3.05, 3.63) is 78.5 Å². The molecule has 0 fully saturated rings. The van der Waals surface area contributed by atoms with Gasteiger partial charge in [-0.25, -0.2) is 0 Å². The summed E-state index contributed by atoms with van der Waals surface area (Å²) in [5.41, 5.74) is 4.08. The number of pyridine rings is 1. The lowest BCUT2D eigenvalue weighted by Crippen LogP contribution is -2.41. The summed E-state index contributed by atoms with van der Waals surface area (Å²) in [7, 11) is 13.0. The number of benzene rings is 3. The minimum atomic E-state index is -0.964. The van der Waals surface area contributed by atoms with Gasteiger partial charge in [0.2, 0.25) is 0 Å². The second-order valence-electron chi connectivity index (χ2n) is 9.06. The topological polar surface area (TPSA) is 26.0 Å². The smallest absolute Gasteiger partial charge is 0.136 e. The molecule has 142 valence electrons. The molecule has 30 heavy (non-hydrogen) atoms. The van der Waals surface area contributed by atoms with Crippen LogP contribution in [0.4, 0.5) is 0 Å². The highest BCUT2D eigenvalue weighted by Gasteiger charge is 2.33. The molecule has 2 heterocycles. The molecule has 4 heteroatoms. The molecule has 0 atom stereocenters. The molecule has 3 aromatic carbocycles. The first-order chi connectivity index (χ1) is 14.2. The molecule has 0 aliphatic carbocycles. The van der Waals surface area contributed by atoms with Crippen LogP contribution in [0.3, 0.4) is 0 Å². The first kappa shape index (κ1) is 19.0. The number of hydrogen-bond acceptors (Lipinski definition) is 2. The fraction of sp³-hybridized carbons (Fsp3) is 0.192. The van der Waals surface area contributed by atoms with Gasteiger partial charge in [-0.3, -0.25) is 4.98 Å². The van der Waals surface area contributed by atoms with Crippen LogP contribution >= 0.6 is 0 Å². The molecular formula is C26H21B2NO. The van der Waals surface area contributed by atoms with Gasteiger partial charge in [0.15, 0.2) is 0 Å². The normalized spacial score (nSPS) is 12.8. The lowest BCUT2D eigenvalue weighted by molar-refractivity contribution is 0.358. The van der Waals surface area contributed by atoms with Crippen LogP contribution in [0.15, 0.2) is 77.3 Å². The molecule has 5 rings (SSSR count). The van der Waals surface area contributed by atoms with Crippen molar-refractivity contribution in [3.63, 3.8) is 0 Å². The van der Waals surface area contributed by atoms with Crippen LogP contribution in [0.25, 0.3) is 44.0 Å². The zero-order valence-corrected chi connectivity index (χ0v) is 17.4. The van der Waals surface area contributed by atoms with Gasteiger partial charge >= 0.3 is 0 Å². The Bertz CT molecular complexity index is 1410. The minimum Gasteiger partial charge on any atom is -0.456 e. The molecule has 0 unspecified atom stereocenters. The number of rotatable bonds is 2. The summed E-state index contributed by atoms with van der Waals surface area (Å²) in [6.45, 7) is 6.12. The van der Waals surface area contributed by atoms with Crippen molar-refractivity contribution in [3.8, 4) is 11.3 Å². The zero-order valence-electron chi connectivity index (χ0n) is 17.4. The van der Waals surface area contributed by atoms with Gasteiger partial charge in [-0.05, 0) is 52.6 Å². The molecule has 0 bridgehead atoms. The van der Waals surface area contributed by atoms with E-state index < -0.39 is 5.21 Å². The number of furan rings is 1. The van der Waals surface area contributed by atoms with E-state index in [9.17, 15) is 0 Å². The van der Waals surface area contributed by atoms with Crippen molar-refractivity contribution >= 4 is 48.4 Å². The molecule has 2 nitrogen and oxygen atoms in total. The molecule has 0 saturated heterocycles. The molecule has 0 saturated carbocycles. The minimum absolute atomic E-state index is 0.295. The van der Waals surface area contributed by atoms with E-state index in [2.05, 4.69) is 47.4 Å². The van der Waals surface area contributed by atoms with Crippen LogP contribution in [0.1, 0.15) is 26.3 Å².